The van der Waals surface area contributed by atoms with E-state index < -0.39 is 28.2 Å². The van der Waals surface area contributed by atoms with Crippen LogP contribution in [0.25, 0.3) is 0 Å². The van der Waals surface area contributed by atoms with E-state index in [0.29, 0.717) is 24.9 Å². The third-order valence-corrected chi connectivity index (χ3v) is 8.18. The van der Waals surface area contributed by atoms with Crippen molar-refractivity contribution in [2.24, 2.45) is 0 Å². The number of fused-ring (bicyclic) bond motifs is 1. The van der Waals surface area contributed by atoms with Crippen LogP contribution in [0.3, 0.4) is 0 Å². The molecule has 0 radical (unpaired) electrons. The summed E-state index contributed by atoms with van der Waals surface area (Å²) in [6.07, 6.45) is 2.76. The second-order valence-electron chi connectivity index (χ2n) is 9.95. The Morgan fingerprint density at radius 3 is 2.26 bits per heavy atom. The smallest absolute Gasteiger partial charge is 0.246 e. The molecule has 2 aromatic carbocycles. The lowest BCUT2D eigenvalue weighted by Gasteiger charge is -2.30. The van der Waals surface area contributed by atoms with E-state index >= 15 is 0 Å². The van der Waals surface area contributed by atoms with E-state index in [2.05, 4.69) is 28.1 Å². The first kappa shape index (κ1) is 27.7. The molecule has 11 heteroatoms. The fourth-order valence-electron chi connectivity index (χ4n) is 5.12. The maximum absolute atomic E-state index is 13.7. The van der Waals surface area contributed by atoms with E-state index in [4.69, 9.17) is 0 Å². The lowest BCUT2D eigenvalue weighted by Crippen LogP contribution is -2.56. The van der Waals surface area contributed by atoms with Crippen LogP contribution >= 0.6 is 0 Å². The lowest BCUT2D eigenvalue weighted by atomic mass is 10.0. The highest BCUT2D eigenvalue weighted by molar-refractivity contribution is 7.85. The Hall–Kier alpha value is -3.28. The normalized spacial score (nSPS) is 19.0. The molecule has 0 spiro atoms. The third kappa shape index (κ3) is 6.40. The van der Waals surface area contributed by atoms with E-state index in [9.17, 15) is 27.4 Å². The minimum Gasteiger partial charge on any atom is -0.744 e. The van der Waals surface area contributed by atoms with Gasteiger partial charge in [-0.05, 0) is 68.5 Å². The molecule has 3 N–H and O–H groups in total. The van der Waals surface area contributed by atoms with Gasteiger partial charge in [-0.15, -0.1) is 0 Å². The van der Waals surface area contributed by atoms with Gasteiger partial charge in [-0.25, -0.2) is 8.42 Å². The molecule has 3 amide bonds. The number of benzene rings is 2. The highest BCUT2D eigenvalue weighted by Crippen LogP contribution is 2.24. The molecule has 0 bridgehead atoms. The number of carbonyl (C=O) groups excluding carboxylic acids is 3. The second kappa shape index (κ2) is 11.6. The van der Waals surface area contributed by atoms with Gasteiger partial charge in [0, 0.05) is 19.0 Å². The maximum atomic E-state index is 13.7. The van der Waals surface area contributed by atoms with Crippen molar-refractivity contribution < 1.29 is 27.4 Å². The van der Waals surface area contributed by atoms with Gasteiger partial charge in [0.2, 0.25) is 17.7 Å². The minimum absolute atomic E-state index is 0.0276. The summed E-state index contributed by atoms with van der Waals surface area (Å²) < 4.78 is 33.8. The molecular formula is C27H33N4O6S-. The van der Waals surface area contributed by atoms with Gasteiger partial charge >= 0.3 is 0 Å². The number of likely N-dealkylation sites (tertiary alicyclic amines) is 1. The molecule has 2 aliphatic rings. The second-order valence-corrected chi connectivity index (χ2v) is 11.3. The molecular weight excluding hydrogens is 508 g/mol. The molecule has 1 fully saturated rings. The topological polar surface area (TPSA) is 148 Å². The van der Waals surface area contributed by atoms with Crippen LogP contribution in [-0.2, 0) is 43.8 Å². The number of carbonyl (C=O) groups is 3. The van der Waals surface area contributed by atoms with Gasteiger partial charge in [0.25, 0.3) is 0 Å². The monoisotopic (exact) mass is 541 g/mol. The van der Waals surface area contributed by atoms with Crippen molar-refractivity contribution in [3.05, 3.63) is 65.2 Å². The Bertz CT molecular complexity index is 1270. The van der Waals surface area contributed by atoms with Crippen molar-refractivity contribution in [1.29, 1.82) is 0 Å². The van der Waals surface area contributed by atoms with E-state index in [1.165, 1.54) is 40.3 Å². The zero-order valence-corrected chi connectivity index (χ0v) is 22.3. The van der Waals surface area contributed by atoms with Gasteiger partial charge in [0.05, 0.1) is 10.9 Å². The zero-order valence-electron chi connectivity index (χ0n) is 21.5. The van der Waals surface area contributed by atoms with Crippen LogP contribution in [-0.4, -0.2) is 73.4 Å². The molecule has 3 atom stereocenters. The Labute approximate surface area is 222 Å². The number of hydrogen-bond acceptors (Lipinski definition) is 7. The van der Waals surface area contributed by atoms with Gasteiger partial charge in [-0.2, -0.15) is 0 Å². The van der Waals surface area contributed by atoms with Crippen LogP contribution in [0.5, 0.6) is 0 Å². The van der Waals surface area contributed by atoms with Crippen LogP contribution in [0.1, 0.15) is 36.5 Å². The average Bonchev–Trinajstić information content (AvgIpc) is 3.54. The Balaban J connectivity index is 1.48. The first-order valence-corrected chi connectivity index (χ1v) is 14.2. The molecule has 1 unspecified atom stereocenters. The van der Waals surface area contributed by atoms with Gasteiger partial charge in [-0.1, -0.05) is 36.4 Å². The molecule has 10 nitrogen and oxygen atoms in total. The SMILES string of the molecule is CN[C@@H](C)C(=O)N[C@@H](Cc1ccc(S(=O)(=O)[O-])cc1)C(=O)N1CCCC1C(=O)NC1Cc2ccccc2C1. The van der Waals surface area contributed by atoms with Crippen molar-refractivity contribution in [1.82, 2.24) is 20.9 Å². The highest BCUT2D eigenvalue weighted by Gasteiger charge is 2.39. The standard InChI is InChI=1S/C27H34N4O6S/c1-17(28-2)25(32)30-23(14-18-9-11-22(12-10-18)38(35,36)37)27(34)31-13-5-8-24(31)26(33)29-21-15-19-6-3-4-7-20(19)16-21/h3-4,6-7,9-12,17,21,23-24,28H,5,8,13-16H2,1-2H3,(H,29,33)(H,30,32)(H,35,36,37)/p-1/t17-,23-,24?/m0/s1. The Morgan fingerprint density at radius 2 is 1.68 bits per heavy atom. The third-order valence-electron chi connectivity index (χ3n) is 7.33. The lowest BCUT2D eigenvalue weighted by molar-refractivity contribution is -0.141. The van der Waals surface area contributed by atoms with Crippen molar-refractivity contribution in [3.8, 4) is 0 Å². The van der Waals surface area contributed by atoms with E-state index in [-0.39, 0.29) is 35.1 Å². The summed E-state index contributed by atoms with van der Waals surface area (Å²) >= 11 is 0. The summed E-state index contributed by atoms with van der Waals surface area (Å²) in [6.45, 7) is 2.06. The number of nitrogens with one attached hydrogen (secondary N) is 3. The number of nitrogens with zero attached hydrogens (tertiary/aromatic N) is 1. The molecule has 0 aromatic heterocycles. The molecule has 0 saturated carbocycles. The summed E-state index contributed by atoms with van der Waals surface area (Å²) in [5.74, 6) is -0.963. The van der Waals surface area contributed by atoms with Crippen LogP contribution in [0.15, 0.2) is 53.4 Å². The average molecular weight is 542 g/mol. The molecule has 1 heterocycles. The quantitative estimate of drug-likeness (QED) is 0.392. The predicted octanol–water partition coefficient (Wildman–Crippen LogP) is 0.501. The van der Waals surface area contributed by atoms with E-state index in [1.54, 1.807) is 14.0 Å². The van der Waals surface area contributed by atoms with Crippen LogP contribution in [0.4, 0.5) is 0 Å². The zero-order chi connectivity index (χ0) is 27.4. The summed E-state index contributed by atoms with van der Waals surface area (Å²) in [6, 6.07) is 11.2. The number of rotatable bonds is 9. The first-order chi connectivity index (χ1) is 18.1. The largest absolute Gasteiger partial charge is 0.744 e. The van der Waals surface area contributed by atoms with Crippen LogP contribution in [0, 0.1) is 0 Å². The molecule has 1 aliphatic carbocycles. The minimum atomic E-state index is -4.60. The number of likely N-dealkylation sites (N-methyl/N-ethyl adjacent to an activating group) is 1. The van der Waals surface area contributed by atoms with Crippen molar-refractivity contribution in [2.45, 2.75) is 68.1 Å². The maximum Gasteiger partial charge on any atom is 0.246 e. The first-order valence-electron chi connectivity index (χ1n) is 12.8. The number of amides is 3. The Morgan fingerprint density at radius 1 is 1.05 bits per heavy atom. The predicted molar refractivity (Wildman–Crippen MR) is 139 cm³/mol. The fourth-order valence-corrected chi connectivity index (χ4v) is 5.59. The van der Waals surface area contributed by atoms with Gasteiger partial charge in [0.15, 0.2) is 0 Å². The van der Waals surface area contributed by atoms with Gasteiger partial charge in [-0.3, -0.25) is 14.4 Å². The molecule has 2 aromatic rings. The van der Waals surface area contributed by atoms with E-state index in [1.807, 2.05) is 12.1 Å². The summed E-state index contributed by atoms with van der Waals surface area (Å²) in [4.78, 5) is 40.8. The van der Waals surface area contributed by atoms with E-state index in [0.717, 1.165) is 12.8 Å². The summed E-state index contributed by atoms with van der Waals surface area (Å²) in [7, 11) is -2.97. The molecule has 1 aliphatic heterocycles. The van der Waals surface area contributed by atoms with Crippen molar-refractivity contribution in [3.63, 3.8) is 0 Å². The van der Waals surface area contributed by atoms with Crippen LogP contribution < -0.4 is 16.0 Å². The molecule has 38 heavy (non-hydrogen) atoms. The van der Waals surface area contributed by atoms with Crippen molar-refractivity contribution >= 4 is 27.8 Å². The number of hydrogen-bond donors (Lipinski definition) is 3. The fraction of sp³-hybridized carbons (Fsp3) is 0.444. The molecule has 204 valence electrons. The molecule has 1 saturated heterocycles. The Kier molecular flexibility index (Phi) is 8.49. The van der Waals surface area contributed by atoms with Gasteiger partial charge in [0.1, 0.15) is 22.2 Å². The highest BCUT2D eigenvalue weighted by atomic mass is 32.2. The summed E-state index contributed by atoms with van der Waals surface area (Å²) in [5, 5.41) is 8.73. The summed E-state index contributed by atoms with van der Waals surface area (Å²) in [5.41, 5.74) is 3.00. The van der Waals surface area contributed by atoms with Gasteiger partial charge < -0.3 is 25.4 Å². The van der Waals surface area contributed by atoms with Crippen LogP contribution in [0.2, 0.25) is 0 Å². The van der Waals surface area contributed by atoms with Crippen molar-refractivity contribution in [2.75, 3.05) is 13.6 Å². The molecule has 4 rings (SSSR count).